The Morgan fingerprint density at radius 2 is 1.90 bits per heavy atom. The number of carbonyl (C=O) groups is 3. The van der Waals surface area contributed by atoms with E-state index in [1.807, 2.05) is 25.1 Å². The largest absolute Gasteiger partial charge is 0.468 e. The third-order valence-electron chi connectivity index (χ3n) is 5.63. The molecule has 4 rings (SSSR count). The first-order valence-electron chi connectivity index (χ1n) is 10.1. The lowest BCUT2D eigenvalue weighted by Crippen LogP contribution is -2.38. The Kier molecular flexibility index (Phi) is 5.49. The first kappa shape index (κ1) is 19.4. The molecule has 3 amide bonds. The highest BCUT2D eigenvalue weighted by atomic mass is 16.3. The number of hydrogen-bond acceptors (Lipinski definition) is 5. The molecule has 1 N–H and O–H groups in total. The van der Waals surface area contributed by atoms with Gasteiger partial charge in [0.25, 0.3) is 11.8 Å². The highest BCUT2D eigenvalue weighted by molar-refractivity contribution is 6.21. The zero-order chi connectivity index (χ0) is 20.4. The Balaban J connectivity index is 1.33. The maximum absolute atomic E-state index is 12.5. The fourth-order valence-corrected chi connectivity index (χ4v) is 4.06. The third kappa shape index (κ3) is 3.96. The molecule has 0 aliphatic carbocycles. The van der Waals surface area contributed by atoms with Gasteiger partial charge in [0.1, 0.15) is 5.76 Å². The Hall–Kier alpha value is -2.93. The third-order valence-corrected chi connectivity index (χ3v) is 5.63. The van der Waals surface area contributed by atoms with Crippen molar-refractivity contribution in [2.45, 2.75) is 32.2 Å². The topological polar surface area (TPSA) is 82.9 Å². The number of rotatable bonds is 7. The van der Waals surface area contributed by atoms with Gasteiger partial charge in [-0.3, -0.25) is 24.2 Å². The first-order chi connectivity index (χ1) is 14.0. The van der Waals surface area contributed by atoms with Gasteiger partial charge in [-0.05, 0) is 57.1 Å². The predicted octanol–water partition coefficient (Wildman–Crippen LogP) is 2.53. The van der Waals surface area contributed by atoms with Crippen LogP contribution in [0.3, 0.4) is 0 Å². The highest BCUT2D eigenvalue weighted by Crippen LogP contribution is 2.26. The monoisotopic (exact) mass is 395 g/mol. The predicted molar refractivity (Wildman–Crippen MR) is 106 cm³/mol. The lowest BCUT2D eigenvalue weighted by molar-refractivity contribution is -0.121. The molecule has 0 saturated carbocycles. The molecule has 2 aromatic rings. The minimum Gasteiger partial charge on any atom is -0.468 e. The van der Waals surface area contributed by atoms with Gasteiger partial charge in [0.2, 0.25) is 5.91 Å². The lowest BCUT2D eigenvalue weighted by atomic mass is 10.1. The van der Waals surface area contributed by atoms with Gasteiger partial charge in [-0.2, -0.15) is 0 Å². The second-order valence-electron chi connectivity index (χ2n) is 7.64. The number of aryl methyl sites for hydroxylation is 1. The number of benzene rings is 1. The van der Waals surface area contributed by atoms with E-state index in [9.17, 15) is 14.4 Å². The van der Waals surface area contributed by atoms with Crippen molar-refractivity contribution < 1.29 is 18.8 Å². The number of hydrogen-bond donors (Lipinski definition) is 1. The molecular weight excluding hydrogens is 370 g/mol. The lowest BCUT2D eigenvalue weighted by Gasteiger charge is -2.26. The average Bonchev–Trinajstić information content (AvgIpc) is 3.45. The smallest absolute Gasteiger partial charge is 0.261 e. The fourth-order valence-electron chi connectivity index (χ4n) is 4.06. The second kappa shape index (κ2) is 8.21. The van der Waals surface area contributed by atoms with Gasteiger partial charge in [0, 0.05) is 19.5 Å². The molecule has 1 fully saturated rings. The van der Waals surface area contributed by atoms with Crippen LogP contribution in [0.1, 0.15) is 57.3 Å². The van der Waals surface area contributed by atoms with E-state index >= 15 is 0 Å². The second-order valence-corrected chi connectivity index (χ2v) is 7.64. The van der Waals surface area contributed by atoms with E-state index in [4.69, 9.17) is 4.42 Å². The Morgan fingerprint density at radius 1 is 1.14 bits per heavy atom. The Labute approximate surface area is 169 Å². The molecule has 1 saturated heterocycles. The molecule has 7 heteroatoms. The number of nitrogens with one attached hydrogen (secondary N) is 1. The standard InChI is InChI=1S/C22H25N3O4/c1-15-6-7-16-17(13-15)22(28)25(21(16)27)11-8-20(26)23-14-18(19-5-4-12-29-19)24-9-2-3-10-24/h4-7,12-13,18H,2-3,8-11,14H2,1H3,(H,23,26). The fraction of sp³-hybridized carbons (Fsp3) is 0.409. The number of imide groups is 1. The molecule has 29 heavy (non-hydrogen) atoms. The summed E-state index contributed by atoms with van der Waals surface area (Å²) in [4.78, 5) is 40.9. The van der Waals surface area contributed by atoms with Crippen molar-refractivity contribution in [3.05, 3.63) is 59.0 Å². The maximum atomic E-state index is 12.5. The Bertz CT molecular complexity index is 916. The van der Waals surface area contributed by atoms with Crippen LogP contribution in [-0.2, 0) is 4.79 Å². The van der Waals surface area contributed by atoms with Crippen LogP contribution >= 0.6 is 0 Å². The number of carbonyl (C=O) groups excluding carboxylic acids is 3. The molecule has 0 bridgehead atoms. The van der Waals surface area contributed by atoms with Crippen LogP contribution in [0.5, 0.6) is 0 Å². The molecule has 7 nitrogen and oxygen atoms in total. The normalized spacial score (nSPS) is 17.6. The van der Waals surface area contributed by atoms with Crippen LogP contribution in [0.2, 0.25) is 0 Å². The van der Waals surface area contributed by atoms with Gasteiger partial charge in [-0.1, -0.05) is 11.6 Å². The SMILES string of the molecule is Cc1ccc2c(c1)C(=O)N(CCC(=O)NCC(c1ccco1)N1CCCC1)C2=O. The quantitative estimate of drug-likeness (QED) is 0.729. The van der Waals surface area contributed by atoms with Crippen LogP contribution in [0, 0.1) is 6.92 Å². The number of furan rings is 1. The molecule has 0 radical (unpaired) electrons. The molecule has 2 aliphatic heterocycles. The summed E-state index contributed by atoms with van der Waals surface area (Å²) in [6, 6.07) is 8.99. The Morgan fingerprint density at radius 3 is 2.62 bits per heavy atom. The molecule has 152 valence electrons. The number of nitrogens with zero attached hydrogens (tertiary/aromatic N) is 2. The van der Waals surface area contributed by atoms with Gasteiger partial charge in [-0.25, -0.2) is 0 Å². The molecule has 2 aliphatic rings. The number of amides is 3. The van der Waals surface area contributed by atoms with E-state index in [1.165, 1.54) is 0 Å². The molecule has 0 spiro atoms. The van der Waals surface area contributed by atoms with Crippen LogP contribution in [0.15, 0.2) is 41.0 Å². The van der Waals surface area contributed by atoms with E-state index in [1.54, 1.807) is 18.4 Å². The summed E-state index contributed by atoms with van der Waals surface area (Å²) in [5.74, 6) is -0.00762. The minimum atomic E-state index is -0.330. The highest BCUT2D eigenvalue weighted by Gasteiger charge is 2.35. The van der Waals surface area contributed by atoms with Crippen molar-refractivity contribution in [2.24, 2.45) is 0 Å². The number of likely N-dealkylation sites (tertiary alicyclic amines) is 1. The summed E-state index contributed by atoms with van der Waals surface area (Å²) < 4.78 is 5.56. The van der Waals surface area contributed by atoms with Crippen molar-refractivity contribution in [1.82, 2.24) is 15.1 Å². The summed E-state index contributed by atoms with van der Waals surface area (Å²) >= 11 is 0. The van der Waals surface area contributed by atoms with Crippen LogP contribution in [0.25, 0.3) is 0 Å². The summed E-state index contributed by atoms with van der Waals surface area (Å²) in [6.07, 6.45) is 4.01. The molecule has 1 unspecified atom stereocenters. The van der Waals surface area contributed by atoms with Gasteiger partial charge in [0.15, 0.2) is 0 Å². The van der Waals surface area contributed by atoms with Crippen molar-refractivity contribution in [2.75, 3.05) is 26.2 Å². The van der Waals surface area contributed by atoms with Gasteiger partial charge < -0.3 is 9.73 Å². The zero-order valence-corrected chi connectivity index (χ0v) is 16.5. The van der Waals surface area contributed by atoms with Crippen molar-refractivity contribution in [1.29, 1.82) is 0 Å². The molecule has 3 heterocycles. The van der Waals surface area contributed by atoms with E-state index in [0.29, 0.717) is 17.7 Å². The van der Waals surface area contributed by atoms with Crippen LogP contribution in [0.4, 0.5) is 0 Å². The van der Waals surface area contributed by atoms with Crippen molar-refractivity contribution in [3.63, 3.8) is 0 Å². The summed E-state index contributed by atoms with van der Waals surface area (Å²) in [5.41, 5.74) is 1.76. The van der Waals surface area contributed by atoms with Crippen molar-refractivity contribution >= 4 is 17.7 Å². The molecule has 1 atom stereocenters. The van der Waals surface area contributed by atoms with E-state index in [-0.39, 0.29) is 36.7 Å². The van der Waals surface area contributed by atoms with Crippen LogP contribution < -0.4 is 5.32 Å². The van der Waals surface area contributed by atoms with Gasteiger partial charge >= 0.3 is 0 Å². The maximum Gasteiger partial charge on any atom is 0.261 e. The molecule has 1 aromatic heterocycles. The minimum absolute atomic E-state index is 0.00118. The number of fused-ring (bicyclic) bond motifs is 1. The average molecular weight is 395 g/mol. The van der Waals surface area contributed by atoms with E-state index < -0.39 is 0 Å². The molecular formula is C22H25N3O4. The van der Waals surface area contributed by atoms with Gasteiger partial charge in [-0.15, -0.1) is 0 Å². The van der Waals surface area contributed by atoms with E-state index in [2.05, 4.69) is 10.2 Å². The zero-order valence-electron chi connectivity index (χ0n) is 16.5. The van der Waals surface area contributed by atoms with E-state index in [0.717, 1.165) is 42.2 Å². The van der Waals surface area contributed by atoms with Crippen molar-refractivity contribution in [3.8, 4) is 0 Å². The first-order valence-corrected chi connectivity index (χ1v) is 10.1. The summed E-state index contributed by atoms with van der Waals surface area (Å²) in [6.45, 7) is 4.36. The summed E-state index contributed by atoms with van der Waals surface area (Å²) in [5, 5.41) is 2.94. The molecule has 1 aromatic carbocycles. The summed E-state index contributed by atoms with van der Waals surface area (Å²) in [7, 11) is 0. The van der Waals surface area contributed by atoms with Gasteiger partial charge in [0.05, 0.1) is 23.4 Å². The van der Waals surface area contributed by atoms with Crippen LogP contribution in [-0.4, -0.2) is 53.7 Å².